The molecular formula is C10H13FN2O. The van der Waals surface area contributed by atoms with Crippen LogP contribution in [-0.2, 0) is 0 Å². The number of hydrogen-bond donors (Lipinski definition) is 3. The van der Waals surface area contributed by atoms with Gasteiger partial charge in [-0.25, -0.2) is 4.39 Å². The average Bonchev–Trinajstić information content (AvgIpc) is 2.64. The highest BCUT2D eigenvalue weighted by Crippen LogP contribution is 2.32. The van der Waals surface area contributed by atoms with E-state index in [-0.39, 0.29) is 17.5 Å². The first kappa shape index (κ1) is 9.27. The molecule has 0 aliphatic carbocycles. The Kier molecular flexibility index (Phi) is 2.29. The average molecular weight is 196 g/mol. The van der Waals surface area contributed by atoms with Crippen LogP contribution in [0.2, 0.25) is 0 Å². The van der Waals surface area contributed by atoms with Crippen molar-refractivity contribution < 1.29 is 9.50 Å². The number of halogens is 1. The molecule has 4 N–H and O–H groups in total. The molecule has 0 aromatic heterocycles. The number of nitrogen functional groups attached to an aromatic ring is 1. The third-order valence-electron chi connectivity index (χ3n) is 2.58. The number of nitrogens with two attached hydrogens (primary N) is 1. The Morgan fingerprint density at radius 3 is 2.93 bits per heavy atom. The standard InChI is InChI=1S/C10H13FN2O/c11-7-5-10(14)6(4-8(7)12)9-2-1-3-13-9/h4-5,9,13-14H,1-3,12H2/t9-/m1/s1. The zero-order valence-corrected chi connectivity index (χ0v) is 7.76. The van der Waals surface area contributed by atoms with Crippen molar-refractivity contribution in [1.82, 2.24) is 5.32 Å². The minimum absolute atomic E-state index is 0.0175. The molecule has 0 bridgehead atoms. The molecule has 14 heavy (non-hydrogen) atoms. The summed E-state index contributed by atoms with van der Waals surface area (Å²) in [5.74, 6) is -0.583. The fourth-order valence-corrected chi connectivity index (χ4v) is 1.83. The smallest absolute Gasteiger partial charge is 0.149 e. The van der Waals surface area contributed by atoms with E-state index < -0.39 is 5.82 Å². The van der Waals surface area contributed by atoms with Gasteiger partial charge in [0.15, 0.2) is 0 Å². The van der Waals surface area contributed by atoms with Crippen LogP contribution in [0.1, 0.15) is 24.4 Å². The molecule has 1 fully saturated rings. The number of phenols is 1. The molecule has 3 nitrogen and oxygen atoms in total. The Morgan fingerprint density at radius 1 is 1.50 bits per heavy atom. The van der Waals surface area contributed by atoms with Crippen LogP contribution < -0.4 is 11.1 Å². The number of phenolic OH excluding ortho intramolecular Hbond substituents is 1. The van der Waals surface area contributed by atoms with E-state index in [1.807, 2.05) is 0 Å². The molecule has 76 valence electrons. The number of anilines is 1. The number of aromatic hydroxyl groups is 1. The van der Waals surface area contributed by atoms with Crippen molar-refractivity contribution in [3.05, 3.63) is 23.5 Å². The van der Waals surface area contributed by atoms with Crippen LogP contribution in [0.3, 0.4) is 0 Å². The van der Waals surface area contributed by atoms with Crippen LogP contribution in [0.5, 0.6) is 5.75 Å². The highest BCUT2D eigenvalue weighted by molar-refractivity contribution is 5.50. The van der Waals surface area contributed by atoms with Crippen LogP contribution in [0.4, 0.5) is 10.1 Å². The zero-order valence-electron chi connectivity index (χ0n) is 7.76. The summed E-state index contributed by atoms with van der Waals surface area (Å²) in [5, 5.41) is 12.8. The monoisotopic (exact) mass is 196 g/mol. The maximum absolute atomic E-state index is 12.9. The molecule has 1 aliphatic rings. The van der Waals surface area contributed by atoms with Gasteiger partial charge in [-0.2, -0.15) is 0 Å². The third-order valence-corrected chi connectivity index (χ3v) is 2.58. The van der Waals surface area contributed by atoms with E-state index in [2.05, 4.69) is 5.32 Å². The molecule has 0 saturated carbocycles. The Morgan fingerprint density at radius 2 is 2.29 bits per heavy atom. The van der Waals surface area contributed by atoms with Gasteiger partial charge in [0.25, 0.3) is 0 Å². The van der Waals surface area contributed by atoms with Crippen LogP contribution in [-0.4, -0.2) is 11.7 Å². The van der Waals surface area contributed by atoms with Gasteiger partial charge in [-0.15, -0.1) is 0 Å². The van der Waals surface area contributed by atoms with Gasteiger partial charge in [-0.1, -0.05) is 0 Å². The summed E-state index contributed by atoms with van der Waals surface area (Å²) < 4.78 is 12.9. The second-order valence-corrected chi connectivity index (χ2v) is 3.58. The highest BCUT2D eigenvalue weighted by Gasteiger charge is 2.20. The topological polar surface area (TPSA) is 58.3 Å². The first-order chi connectivity index (χ1) is 6.68. The van der Waals surface area contributed by atoms with Crippen LogP contribution in [0.15, 0.2) is 12.1 Å². The summed E-state index contributed by atoms with van der Waals surface area (Å²) in [7, 11) is 0. The lowest BCUT2D eigenvalue weighted by Crippen LogP contribution is -2.13. The predicted octanol–water partition coefficient (Wildman–Crippen LogP) is 1.54. The van der Waals surface area contributed by atoms with Gasteiger partial charge in [0.1, 0.15) is 11.6 Å². The Balaban J connectivity index is 2.37. The van der Waals surface area contributed by atoms with Crippen molar-refractivity contribution >= 4 is 5.69 Å². The lowest BCUT2D eigenvalue weighted by atomic mass is 10.0. The fourth-order valence-electron chi connectivity index (χ4n) is 1.83. The minimum Gasteiger partial charge on any atom is -0.507 e. The molecule has 0 unspecified atom stereocenters. The van der Waals surface area contributed by atoms with Crippen molar-refractivity contribution in [2.75, 3.05) is 12.3 Å². The van der Waals surface area contributed by atoms with Crippen molar-refractivity contribution in [3.8, 4) is 5.75 Å². The number of hydrogen-bond acceptors (Lipinski definition) is 3. The van der Waals surface area contributed by atoms with Gasteiger partial charge in [0.05, 0.1) is 5.69 Å². The van der Waals surface area contributed by atoms with Gasteiger partial charge in [-0.3, -0.25) is 0 Å². The van der Waals surface area contributed by atoms with Crippen molar-refractivity contribution in [1.29, 1.82) is 0 Å². The summed E-state index contributed by atoms with van der Waals surface area (Å²) >= 11 is 0. The van der Waals surface area contributed by atoms with Crippen molar-refractivity contribution in [2.45, 2.75) is 18.9 Å². The van der Waals surface area contributed by atoms with E-state index >= 15 is 0 Å². The van der Waals surface area contributed by atoms with Crippen LogP contribution >= 0.6 is 0 Å². The minimum atomic E-state index is -0.566. The molecule has 0 radical (unpaired) electrons. The molecule has 4 heteroatoms. The zero-order chi connectivity index (χ0) is 10.1. The Bertz CT molecular complexity index is 348. The van der Waals surface area contributed by atoms with E-state index in [1.54, 1.807) is 0 Å². The maximum atomic E-state index is 12.9. The molecule has 2 rings (SSSR count). The van der Waals surface area contributed by atoms with E-state index in [0.717, 1.165) is 25.5 Å². The second-order valence-electron chi connectivity index (χ2n) is 3.58. The van der Waals surface area contributed by atoms with Gasteiger partial charge in [0, 0.05) is 17.7 Å². The SMILES string of the molecule is Nc1cc([C@H]2CCCN2)c(O)cc1F. The van der Waals surface area contributed by atoms with Crippen LogP contribution in [0, 0.1) is 5.82 Å². The highest BCUT2D eigenvalue weighted by atomic mass is 19.1. The van der Waals surface area contributed by atoms with Gasteiger partial charge in [-0.05, 0) is 25.5 Å². The van der Waals surface area contributed by atoms with E-state index in [9.17, 15) is 9.50 Å². The molecule has 1 saturated heterocycles. The number of nitrogens with one attached hydrogen (secondary N) is 1. The first-order valence-corrected chi connectivity index (χ1v) is 4.70. The summed E-state index contributed by atoms with van der Waals surface area (Å²) in [6, 6.07) is 2.69. The van der Waals surface area contributed by atoms with Crippen molar-refractivity contribution in [2.24, 2.45) is 0 Å². The Labute approximate surface area is 81.7 Å². The molecule has 0 spiro atoms. The predicted molar refractivity (Wildman–Crippen MR) is 52.5 cm³/mol. The second kappa shape index (κ2) is 3.46. The summed E-state index contributed by atoms with van der Waals surface area (Å²) in [6.07, 6.45) is 2.03. The summed E-state index contributed by atoms with van der Waals surface area (Å²) in [6.45, 7) is 0.932. The first-order valence-electron chi connectivity index (χ1n) is 4.70. The number of benzene rings is 1. The quantitative estimate of drug-likeness (QED) is 0.471. The number of rotatable bonds is 1. The maximum Gasteiger partial charge on any atom is 0.149 e. The third kappa shape index (κ3) is 1.53. The molecular weight excluding hydrogens is 183 g/mol. The van der Waals surface area contributed by atoms with Gasteiger partial charge < -0.3 is 16.2 Å². The summed E-state index contributed by atoms with van der Waals surface area (Å²) in [4.78, 5) is 0. The molecule has 1 aromatic rings. The lowest BCUT2D eigenvalue weighted by molar-refractivity contribution is 0.451. The van der Waals surface area contributed by atoms with E-state index in [1.165, 1.54) is 6.07 Å². The van der Waals surface area contributed by atoms with Crippen LogP contribution in [0.25, 0.3) is 0 Å². The van der Waals surface area contributed by atoms with E-state index in [0.29, 0.717) is 5.56 Å². The lowest BCUT2D eigenvalue weighted by Gasteiger charge is -2.13. The molecule has 1 aromatic carbocycles. The molecule has 0 amide bonds. The van der Waals surface area contributed by atoms with Crippen molar-refractivity contribution in [3.63, 3.8) is 0 Å². The van der Waals surface area contributed by atoms with Gasteiger partial charge >= 0.3 is 0 Å². The van der Waals surface area contributed by atoms with E-state index in [4.69, 9.17) is 5.73 Å². The normalized spacial score (nSPS) is 21.4. The summed E-state index contributed by atoms with van der Waals surface area (Å²) in [5.41, 5.74) is 6.23. The van der Waals surface area contributed by atoms with Gasteiger partial charge in [0.2, 0.25) is 0 Å². The molecule has 1 atom stereocenters. The fraction of sp³-hybridized carbons (Fsp3) is 0.400. The largest absolute Gasteiger partial charge is 0.507 e. The molecule has 1 heterocycles. The Hall–Kier alpha value is -1.29. The molecule has 1 aliphatic heterocycles.